The van der Waals surface area contributed by atoms with Crippen LogP contribution in [-0.4, -0.2) is 19.9 Å². The third-order valence-electron chi connectivity index (χ3n) is 3.55. The van der Waals surface area contributed by atoms with Crippen molar-refractivity contribution in [3.8, 4) is 5.75 Å². The SMILES string of the molecule is C/C=C\C=NCC(CC)c1ccc(OC)c(C(C)C)c1. The summed E-state index contributed by atoms with van der Waals surface area (Å²) in [5, 5.41) is 0. The molecule has 0 aliphatic rings. The van der Waals surface area contributed by atoms with Crippen LogP contribution in [-0.2, 0) is 0 Å². The largest absolute Gasteiger partial charge is 0.496 e. The first-order chi connectivity index (χ1) is 9.63. The van der Waals surface area contributed by atoms with Gasteiger partial charge in [0.1, 0.15) is 5.75 Å². The van der Waals surface area contributed by atoms with Crippen LogP contribution in [0.25, 0.3) is 0 Å². The molecule has 0 aromatic heterocycles. The molecular formula is C18H27NO. The van der Waals surface area contributed by atoms with E-state index in [0.29, 0.717) is 11.8 Å². The number of hydrogen-bond donors (Lipinski definition) is 0. The summed E-state index contributed by atoms with van der Waals surface area (Å²) >= 11 is 0. The zero-order valence-electron chi connectivity index (χ0n) is 13.4. The Morgan fingerprint density at radius 1 is 1.30 bits per heavy atom. The Morgan fingerprint density at radius 2 is 2.05 bits per heavy atom. The Hall–Kier alpha value is -1.57. The van der Waals surface area contributed by atoms with E-state index in [0.717, 1.165) is 18.7 Å². The molecule has 0 amide bonds. The van der Waals surface area contributed by atoms with Crippen molar-refractivity contribution in [1.29, 1.82) is 0 Å². The summed E-state index contributed by atoms with van der Waals surface area (Å²) in [6.07, 6.45) is 6.95. The highest BCUT2D eigenvalue weighted by molar-refractivity contribution is 5.70. The summed E-state index contributed by atoms with van der Waals surface area (Å²) in [6, 6.07) is 6.54. The van der Waals surface area contributed by atoms with Crippen LogP contribution < -0.4 is 4.74 Å². The van der Waals surface area contributed by atoms with Gasteiger partial charge < -0.3 is 4.74 Å². The quantitative estimate of drug-likeness (QED) is 0.643. The number of rotatable bonds is 7. The van der Waals surface area contributed by atoms with Crippen molar-refractivity contribution in [3.63, 3.8) is 0 Å². The van der Waals surface area contributed by atoms with Gasteiger partial charge in [-0.2, -0.15) is 0 Å². The normalized spacial score (nSPS) is 13.5. The lowest BCUT2D eigenvalue weighted by Crippen LogP contribution is -2.04. The molecule has 0 bridgehead atoms. The monoisotopic (exact) mass is 273 g/mol. The molecule has 0 aliphatic heterocycles. The average molecular weight is 273 g/mol. The molecule has 0 fully saturated rings. The van der Waals surface area contributed by atoms with Crippen molar-refractivity contribution in [3.05, 3.63) is 41.5 Å². The van der Waals surface area contributed by atoms with Gasteiger partial charge in [0.2, 0.25) is 0 Å². The molecule has 0 saturated carbocycles. The average Bonchev–Trinajstić information content (AvgIpc) is 2.46. The number of benzene rings is 1. The van der Waals surface area contributed by atoms with Crippen LogP contribution in [0.4, 0.5) is 0 Å². The summed E-state index contributed by atoms with van der Waals surface area (Å²) in [4.78, 5) is 4.48. The highest BCUT2D eigenvalue weighted by atomic mass is 16.5. The van der Waals surface area contributed by atoms with Crippen LogP contribution in [0.2, 0.25) is 0 Å². The molecule has 1 rings (SSSR count). The maximum atomic E-state index is 5.45. The second-order valence-corrected chi connectivity index (χ2v) is 5.30. The second kappa shape index (κ2) is 8.57. The fraction of sp³-hybridized carbons (Fsp3) is 0.500. The lowest BCUT2D eigenvalue weighted by molar-refractivity contribution is 0.407. The van der Waals surface area contributed by atoms with Gasteiger partial charge in [-0.05, 0) is 42.5 Å². The Kier molecular flexibility index (Phi) is 7.06. The standard InChI is InChI=1S/C18H27NO/c1-6-8-11-19-13-15(7-2)16-9-10-18(20-5)17(12-16)14(3)4/h6,8-12,14-15H,7,13H2,1-5H3/b8-6-,19-11?. The zero-order valence-corrected chi connectivity index (χ0v) is 13.4. The molecule has 0 heterocycles. The van der Waals surface area contributed by atoms with Gasteiger partial charge in [0.25, 0.3) is 0 Å². The first kappa shape index (κ1) is 16.5. The van der Waals surface area contributed by atoms with E-state index in [1.54, 1.807) is 7.11 Å². The Labute approximate surface area is 123 Å². The van der Waals surface area contributed by atoms with Crippen molar-refractivity contribution in [2.75, 3.05) is 13.7 Å². The lowest BCUT2D eigenvalue weighted by Gasteiger charge is -2.18. The number of allylic oxidation sites excluding steroid dienone is 2. The fourth-order valence-electron chi connectivity index (χ4n) is 2.26. The van der Waals surface area contributed by atoms with Crippen LogP contribution >= 0.6 is 0 Å². The minimum absolute atomic E-state index is 0.467. The lowest BCUT2D eigenvalue weighted by atomic mass is 9.91. The fourth-order valence-corrected chi connectivity index (χ4v) is 2.26. The molecule has 2 heteroatoms. The predicted octanol–water partition coefficient (Wildman–Crippen LogP) is 4.96. The van der Waals surface area contributed by atoms with Gasteiger partial charge in [0.05, 0.1) is 7.11 Å². The number of methoxy groups -OCH3 is 1. The van der Waals surface area contributed by atoms with Crippen molar-refractivity contribution < 1.29 is 4.74 Å². The molecular weight excluding hydrogens is 246 g/mol. The minimum Gasteiger partial charge on any atom is -0.496 e. The van der Waals surface area contributed by atoms with E-state index in [2.05, 4.69) is 44.0 Å². The third-order valence-corrected chi connectivity index (χ3v) is 3.55. The Bertz CT molecular complexity index is 460. The summed E-state index contributed by atoms with van der Waals surface area (Å²) in [5.41, 5.74) is 2.63. The maximum absolute atomic E-state index is 5.45. The van der Waals surface area contributed by atoms with Crippen molar-refractivity contribution in [2.45, 2.75) is 46.0 Å². The van der Waals surface area contributed by atoms with Crippen molar-refractivity contribution in [2.24, 2.45) is 4.99 Å². The molecule has 110 valence electrons. The van der Waals surface area contributed by atoms with Crippen LogP contribution in [0.3, 0.4) is 0 Å². The van der Waals surface area contributed by atoms with Gasteiger partial charge in [-0.1, -0.05) is 39.0 Å². The van der Waals surface area contributed by atoms with Crippen LogP contribution in [0, 0.1) is 0 Å². The van der Waals surface area contributed by atoms with Crippen molar-refractivity contribution >= 4 is 6.21 Å². The van der Waals surface area contributed by atoms with Crippen LogP contribution in [0.1, 0.15) is 57.1 Å². The molecule has 20 heavy (non-hydrogen) atoms. The summed E-state index contributed by atoms with van der Waals surface area (Å²) in [6.45, 7) is 9.46. The zero-order chi connectivity index (χ0) is 15.0. The van der Waals surface area contributed by atoms with E-state index in [9.17, 15) is 0 Å². The van der Waals surface area contributed by atoms with E-state index < -0.39 is 0 Å². The summed E-state index contributed by atoms with van der Waals surface area (Å²) in [5.74, 6) is 1.92. The molecule has 0 saturated heterocycles. The van der Waals surface area contributed by atoms with Crippen LogP contribution in [0.15, 0.2) is 35.3 Å². The van der Waals surface area contributed by atoms with E-state index in [1.807, 2.05) is 25.3 Å². The minimum atomic E-state index is 0.467. The first-order valence-electron chi connectivity index (χ1n) is 7.42. The molecule has 1 aromatic carbocycles. The van der Waals surface area contributed by atoms with Gasteiger partial charge in [0, 0.05) is 18.7 Å². The van der Waals surface area contributed by atoms with E-state index in [1.165, 1.54) is 11.1 Å². The highest BCUT2D eigenvalue weighted by Gasteiger charge is 2.13. The first-order valence-corrected chi connectivity index (χ1v) is 7.42. The molecule has 1 aromatic rings. The summed E-state index contributed by atoms with van der Waals surface area (Å²) < 4.78 is 5.45. The smallest absolute Gasteiger partial charge is 0.122 e. The topological polar surface area (TPSA) is 21.6 Å². The summed E-state index contributed by atoms with van der Waals surface area (Å²) in [7, 11) is 1.74. The van der Waals surface area contributed by atoms with E-state index in [-0.39, 0.29) is 0 Å². The molecule has 0 aliphatic carbocycles. The molecule has 0 radical (unpaired) electrons. The van der Waals surface area contributed by atoms with Crippen LogP contribution in [0.5, 0.6) is 5.75 Å². The van der Waals surface area contributed by atoms with Gasteiger partial charge >= 0.3 is 0 Å². The Morgan fingerprint density at radius 3 is 2.60 bits per heavy atom. The third kappa shape index (κ3) is 4.52. The van der Waals surface area contributed by atoms with Gasteiger partial charge in [-0.15, -0.1) is 0 Å². The van der Waals surface area contributed by atoms with Gasteiger partial charge in [-0.25, -0.2) is 0 Å². The molecule has 0 N–H and O–H groups in total. The maximum Gasteiger partial charge on any atom is 0.122 e. The molecule has 0 spiro atoms. The molecule has 2 nitrogen and oxygen atoms in total. The predicted molar refractivity (Wildman–Crippen MR) is 88.3 cm³/mol. The number of aliphatic imine (C=N–C) groups is 1. The van der Waals surface area contributed by atoms with Gasteiger partial charge in [-0.3, -0.25) is 4.99 Å². The molecule has 1 unspecified atom stereocenters. The Balaban J connectivity index is 2.95. The number of hydrogen-bond acceptors (Lipinski definition) is 2. The van der Waals surface area contributed by atoms with Crippen molar-refractivity contribution in [1.82, 2.24) is 0 Å². The van der Waals surface area contributed by atoms with E-state index >= 15 is 0 Å². The number of nitrogens with zero attached hydrogens (tertiary/aromatic N) is 1. The highest BCUT2D eigenvalue weighted by Crippen LogP contribution is 2.31. The second-order valence-electron chi connectivity index (χ2n) is 5.30. The number of ether oxygens (including phenoxy) is 1. The van der Waals surface area contributed by atoms with E-state index in [4.69, 9.17) is 4.74 Å². The molecule has 1 atom stereocenters. The van der Waals surface area contributed by atoms with Gasteiger partial charge in [0.15, 0.2) is 0 Å².